The van der Waals surface area contributed by atoms with Crippen LogP contribution in [0.2, 0.25) is 0 Å². The molecule has 18 heavy (non-hydrogen) atoms. The maximum absolute atomic E-state index is 11.5. The lowest BCUT2D eigenvalue weighted by Crippen LogP contribution is -2.60. The van der Waals surface area contributed by atoms with Crippen LogP contribution in [0.1, 0.15) is 12.8 Å². The van der Waals surface area contributed by atoms with Crippen molar-refractivity contribution in [3.63, 3.8) is 0 Å². The predicted molar refractivity (Wildman–Crippen MR) is 71.5 cm³/mol. The standard InChI is InChI=1S/C12H23N3O2S/c16-18(17)7-5-14(6-8-18)12-2-1-11-9-13-3-4-15(11)10-12/h11-13H,1-10H2. The van der Waals surface area contributed by atoms with Gasteiger partial charge in [0.25, 0.3) is 0 Å². The van der Waals surface area contributed by atoms with Crippen molar-refractivity contribution in [3.05, 3.63) is 0 Å². The van der Waals surface area contributed by atoms with E-state index in [-0.39, 0.29) is 0 Å². The van der Waals surface area contributed by atoms with Gasteiger partial charge in [-0.25, -0.2) is 8.42 Å². The van der Waals surface area contributed by atoms with Crippen LogP contribution < -0.4 is 5.32 Å². The van der Waals surface area contributed by atoms with Crippen molar-refractivity contribution in [1.82, 2.24) is 15.1 Å². The fourth-order valence-corrected chi connectivity index (χ4v) is 4.69. The van der Waals surface area contributed by atoms with E-state index in [2.05, 4.69) is 15.1 Å². The van der Waals surface area contributed by atoms with Crippen LogP contribution in [0.3, 0.4) is 0 Å². The Balaban J connectivity index is 1.58. The number of rotatable bonds is 1. The Bertz CT molecular complexity index is 384. The molecule has 0 aromatic rings. The third kappa shape index (κ3) is 2.71. The van der Waals surface area contributed by atoms with Gasteiger partial charge in [-0.05, 0) is 12.8 Å². The van der Waals surface area contributed by atoms with Crippen LogP contribution in [-0.2, 0) is 9.84 Å². The average Bonchev–Trinajstić information content (AvgIpc) is 2.38. The number of piperidine rings is 1. The van der Waals surface area contributed by atoms with Gasteiger partial charge in [0.2, 0.25) is 0 Å². The quantitative estimate of drug-likeness (QED) is 0.675. The summed E-state index contributed by atoms with van der Waals surface area (Å²) in [5, 5.41) is 3.45. The van der Waals surface area contributed by atoms with E-state index in [9.17, 15) is 8.42 Å². The largest absolute Gasteiger partial charge is 0.314 e. The van der Waals surface area contributed by atoms with Crippen molar-refractivity contribution in [2.75, 3.05) is 50.8 Å². The molecular formula is C12H23N3O2S. The van der Waals surface area contributed by atoms with Gasteiger partial charge in [0.15, 0.2) is 9.84 Å². The van der Waals surface area contributed by atoms with E-state index >= 15 is 0 Å². The number of fused-ring (bicyclic) bond motifs is 1. The van der Waals surface area contributed by atoms with E-state index in [4.69, 9.17) is 0 Å². The van der Waals surface area contributed by atoms with Crippen LogP contribution in [-0.4, -0.2) is 81.1 Å². The van der Waals surface area contributed by atoms with Gasteiger partial charge in [-0.3, -0.25) is 9.80 Å². The number of nitrogens with zero attached hydrogens (tertiary/aromatic N) is 2. The lowest BCUT2D eigenvalue weighted by molar-refractivity contribution is 0.0498. The van der Waals surface area contributed by atoms with E-state index in [0.29, 0.717) is 23.6 Å². The average molecular weight is 273 g/mol. The zero-order valence-electron chi connectivity index (χ0n) is 10.8. The second-order valence-corrected chi connectivity index (χ2v) is 8.08. The topological polar surface area (TPSA) is 52.7 Å². The fraction of sp³-hybridized carbons (Fsp3) is 1.00. The highest BCUT2D eigenvalue weighted by Crippen LogP contribution is 2.23. The summed E-state index contributed by atoms with van der Waals surface area (Å²) in [5.74, 6) is 0.711. The molecule has 0 saturated carbocycles. The van der Waals surface area contributed by atoms with E-state index < -0.39 is 9.84 Å². The molecule has 3 aliphatic rings. The van der Waals surface area contributed by atoms with Gasteiger partial charge in [0, 0.05) is 51.4 Å². The molecule has 3 fully saturated rings. The minimum absolute atomic E-state index is 0.356. The van der Waals surface area contributed by atoms with E-state index in [1.165, 1.54) is 12.8 Å². The first-order valence-corrected chi connectivity index (χ1v) is 8.85. The molecule has 1 N–H and O–H groups in total. The molecule has 2 unspecified atom stereocenters. The molecule has 104 valence electrons. The van der Waals surface area contributed by atoms with E-state index in [0.717, 1.165) is 39.3 Å². The molecule has 0 spiro atoms. The van der Waals surface area contributed by atoms with Gasteiger partial charge < -0.3 is 5.32 Å². The van der Waals surface area contributed by atoms with Gasteiger partial charge in [0.05, 0.1) is 11.5 Å². The summed E-state index contributed by atoms with van der Waals surface area (Å²) in [6.07, 6.45) is 2.48. The molecule has 3 saturated heterocycles. The summed E-state index contributed by atoms with van der Waals surface area (Å²) in [6.45, 7) is 5.98. The highest BCUT2D eigenvalue weighted by molar-refractivity contribution is 7.91. The Morgan fingerprint density at radius 3 is 2.44 bits per heavy atom. The zero-order valence-corrected chi connectivity index (χ0v) is 11.7. The molecule has 6 heteroatoms. The highest BCUT2D eigenvalue weighted by atomic mass is 32.2. The molecule has 2 atom stereocenters. The first-order valence-electron chi connectivity index (χ1n) is 7.03. The Labute approximate surface area is 109 Å². The first-order chi connectivity index (χ1) is 8.64. The lowest BCUT2D eigenvalue weighted by Gasteiger charge is -2.46. The van der Waals surface area contributed by atoms with Crippen LogP contribution >= 0.6 is 0 Å². The minimum Gasteiger partial charge on any atom is -0.314 e. The molecule has 0 amide bonds. The van der Waals surface area contributed by atoms with Crippen LogP contribution in [0, 0.1) is 0 Å². The number of hydrogen-bond acceptors (Lipinski definition) is 5. The fourth-order valence-electron chi connectivity index (χ4n) is 3.46. The van der Waals surface area contributed by atoms with Crippen molar-refractivity contribution in [3.8, 4) is 0 Å². The van der Waals surface area contributed by atoms with E-state index in [1.807, 2.05) is 0 Å². The summed E-state index contributed by atoms with van der Waals surface area (Å²) >= 11 is 0. The molecule has 0 aliphatic carbocycles. The Hall–Kier alpha value is -0.170. The first kappa shape index (κ1) is 12.8. The third-order valence-electron chi connectivity index (χ3n) is 4.65. The smallest absolute Gasteiger partial charge is 0.152 e. The van der Waals surface area contributed by atoms with Gasteiger partial charge in [-0.1, -0.05) is 0 Å². The molecule has 5 nitrogen and oxygen atoms in total. The van der Waals surface area contributed by atoms with Crippen molar-refractivity contribution >= 4 is 9.84 Å². The number of sulfone groups is 1. The predicted octanol–water partition coefficient (Wildman–Crippen LogP) is -0.847. The lowest BCUT2D eigenvalue weighted by atomic mass is 9.95. The van der Waals surface area contributed by atoms with Crippen molar-refractivity contribution in [1.29, 1.82) is 0 Å². The Morgan fingerprint density at radius 2 is 1.67 bits per heavy atom. The monoisotopic (exact) mass is 273 g/mol. The molecule has 0 aromatic heterocycles. The van der Waals surface area contributed by atoms with Crippen molar-refractivity contribution in [2.24, 2.45) is 0 Å². The number of nitrogens with one attached hydrogen (secondary N) is 1. The SMILES string of the molecule is O=S1(=O)CCN(C2CCC3CNCCN3C2)CC1. The number of piperazine rings is 1. The zero-order chi connectivity index (χ0) is 12.6. The second-order valence-electron chi connectivity index (χ2n) is 5.77. The number of hydrogen-bond donors (Lipinski definition) is 1. The summed E-state index contributed by atoms with van der Waals surface area (Å²) in [4.78, 5) is 4.99. The summed E-state index contributed by atoms with van der Waals surface area (Å²) < 4.78 is 22.9. The molecule has 3 heterocycles. The summed E-state index contributed by atoms with van der Waals surface area (Å²) in [5.41, 5.74) is 0. The molecule has 0 radical (unpaired) electrons. The molecular weight excluding hydrogens is 250 g/mol. The van der Waals surface area contributed by atoms with Gasteiger partial charge in [-0.2, -0.15) is 0 Å². The van der Waals surface area contributed by atoms with Crippen LogP contribution in [0.5, 0.6) is 0 Å². The highest BCUT2D eigenvalue weighted by Gasteiger charge is 2.34. The molecule has 3 rings (SSSR count). The molecule has 3 aliphatic heterocycles. The van der Waals surface area contributed by atoms with Gasteiger partial charge in [0.1, 0.15) is 0 Å². The van der Waals surface area contributed by atoms with Gasteiger partial charge in [-0.15, -0.1) is 0 Å². The normalized spacial score (nSPS) is 38.2. The van der Waals surface area contributed by atoms with Crippen LogP contribution in [0.15, 0.2) is 0 Å². The van der Waals surface area contributed by atoms with Crippen LogP contribution in [0.4, 0.5) is 0 Å². The maximum atomic E-state index is 11.5. The van der Waals surface area contributed by atoms with Crippen LogP contribution in [0.25, 0.3) is 0 Å². The second kappa shape index (κ2) is 5.07. The van der Waals surface area contributed by atoms with E-state index in [1.54, 1.807) is 0 Å². The minimum atomic E-state index is -2.74. The van der Waals surface area contributed by atoms with Crippen molar-refractivity contribution < 1.29 is 8.42 Å². The molecule has 0 aromatic carbocycles. The summed E-state index contributed by atoms with van der Waals surface area (Å²) in [7, 11) is -2.74. The summed E-state index contributed by atoms with van der Waals surface area (Å²) in [6, 6.07) is 1.29. The maximum Gasteiger partial charge on any atom is 0.152 e. The van der Waals surface area contributed by atoms with Crippen molar-refractivity contribution in [2.45, 2.75) is 24.9 Å². The Kier molecular flexibility index (Phi) is 3.62. The van der Waals surface area contributed by atoms with Gasteiger partial charge >= 0.3 is 0 Å². The molecule has 0 bridgehead atoms. The Morgan fingerprint density at radius 1 is 0.944 bits per heavy atom. The third-order valence-corrected chi connectivity index (χ3v) is 6.26.